The van der Waals surface area contributed by atoms with Gasteiger partial charge >= 0.3 is 0 Å². The Morgan fingerprint density at radius 3 is 2.95 bits per heavy atom. The Balaban J connectivity index is 1.87. The lowest BCUT2D eigenvalue weighted by molar-refractivity contribution is -0.384. The number of thioether (sulfide) groups is 1. The molecule has 0 amide bonds. The van der Waals surface area contributed by atoms with Crippen LogP contribution in [0.4, 0.5) is 15.8 Å². The normalized spacial score (nSPS) is 15.4. The van der Waals surface area contributed by atoms with E-state index < -0.39 is 4.92 Å². The van der Waals surface area contributed by atoms with Gasteiger partial charge in [0.25, 0.3) is 5.69 Å². The Kier molecular flexibility index (Phi) is 4.06. The average molecular weight is 317 g/mol. The molecule has 1 aliphatic rings. The number of halogens is 1. The number of nitrogens with zero attached hydrogens (tertiary/aromatic N) is 2. The van der Waals surface area contributed by atoms with Crippen LogP contribution in [0, 0.1) is 15.9 Å². The molecular weight excluding hydrogens is 305 g/mol. The molecule has 0 saturated carbocycles. The second-order valence-electron chi connectivity index (χ2n) is 4.72. The topological polar surface area (TPSA) is 67.5 Å². The van der Waals surface area contributed by atoms with E-state index >= 15 is 0 Å². The van der Waals surface area contributed by atoms with Crippen molar-refractivity contribution in [3.05, 3.63) is 64.0 Å². The monoisotopic (exact) mass is 317 g/mol. The lowest BCUT2D eigenvalue weighted by Gasteiger charge is -2.17. The molecule has 5 nitrogen and oxygen atoms in total. The summed E-state index contributed by atoms with van der Waals surface area (Å²) in [7, 11) is 0. The molecule has 0 unspecified atom stereocenters. The standard InChI is InChI=1S/C15H12FN3O2S/c16-10-4-5-15-13(8-10)14(6-7-22-15)18-17-11-2-1-3-12(9-11)19(20)21/h1-5,8-9,17H,6-7H2. The van der Waals surface area contributed by atoms with Crippen LogP contribution >= 0.6 is 11.8 Å². The van der Waals surface area contributed by atoms with Crippen molar-refractivity contribution in [2.24, 2.45) is 5.10 Å². The summed E-state index contributed by atoms with van der Waals surface area (Å²) in [6, 6.07) is 10.8. The highest BCUT2D eigenvalue weighted by Gasteiger charge is 2.17. The smallest absolute Gasteiger partial charge is 0.271 e. The maximum absolute atomic E-state index is 13.4. The molecule has 0 aromatic heterocycles. The van der Waals surface area contributed by atoms with Crippen LogP contribution in [0.25, 0.3) is 0 Å². The second-order valence-corrected chi connectivity index (χ2v) is 5.85. The summed E-state index contributed by atoms with van der Waals surface area (Å²) < 4.78 is 13.4. The summed E-state index contributed by atoms with van der Waals surface area (Å²) in [5.41, 5.74) is 4.87. The van der Waals surface area contributed by atoms with Gasteiger partial charge in [0.15, 0.2) is 0 Å². The lowest BCUT2D eigenvalue weighted by atomic mass is 10.1. The third kappa shape index (κ3) is 3.09. The van der Waals surface area contributed by atoms with E-state index in [1.165, 1.54) is 24.3 Å². The molecule has 0 spiro atoms. The highest BCUT2D eigenvalue weighted by molar-refractivity contribution is 7.99. The second kappa shape index (κ2) is 6.15. The van der Waals surface area contributed by atoms with E-state index in [0.29, 0.717) is 12.1 Å². The molecule has 22 heavy (non-hydrogen) atoms. The van der Waals surface area contributed by atoms with Crippen LogP contribution in [0.2, 0.25) is 0 Å². The third-order valence-electron chi connectivity index (χ3n) is 3.23. The number of fused-ring (bicyclic) bond motifs is 1. The van der Waals surface area contributed by atoms with E-state index in [0.717, 1.165) is 21.9 Å². The first-order valence-electron chi connectivity index (χ1n) is 6.63. The number of nitrogens with one attached hydrogen (secondary N) is 1. The molecule has 0 bridgehead atoms. The van der Waals surface area contributed by atoms with Crippen molar-refractivity contribution in [2.75, 3.05) is 11.2 Å². The highest BCUT2D eigenvalue weighted by Crippen LogP contribution is 2.31. The van der Waals surface area contributed by atoms with Crippen LogP contribution in [0.15, 0.2) is 52.5 Å². The van der Waals surface area contributed by atoms with E-state index in [1.807, 2.05) is 0 Å². The number of hydrogen-bond donors (Lipinski definition) is 1. The predicted octanol–water partition coefficient (Wildman–Crippen LogP) is 4.05. The Hall–Kier alpha value is -2.41. The zero-order valence-corrected chi connectivity index (χ0v) is 12.3. The molecule has 0 atom stereocenters. The summed E-state index contributed by atoms with van der Waals surface area (Å²) in [4.78, 5) is 11.3. The van der Waals surface area contributed by atoms with Gasteiger partial charge in [0.2, 0.25) is 0 Å². The van der Waals surface area contributed by atoms with Gasteiger partial charge in [-0.3, -0.25) is 15.5 Å². The Morgan fingerprint density at radius 2 is 2.14 bits per heavy atom. The minimum absolute atomic E-state index is 0.00385. The third-order valence-corrected chi connectivity index (χ3v) is 4.30. The summed E-state index contributed by atoms with van der Waals surface area (Å²) in [5.74, 6) is 0.568. The van der Waals surface area contributed by atoms with E-state index in [9.17, 15) is 14.5 Å². The first-order chi connectivity index (χ1) is 10.6. The van der Waals surface area contributed by atoms with Gasteiger partial charge in [0.05, 0.1) is 16.3 Å². The Morgan fingerprint density at radius 1 is 1.27 bits per heavy atom. The van der Waals surface area contributed by atoms with Crippen molar-refractivity contribution in [3.63, 3.8) is 0 Å². The molecule has 7 heteroatoms. The summed E-state index contributed by atoms with van der Waals surface area (Å²) >= 11 is 1.66. The molecule has 1 N–H and O–H groups in total. The molecular formula is C15H12FN3O2S. The van der Waals surface area contributed by atoms with Crippen molar-refractivity contribution in [3.8, 4) is 0 Å². The molecule has 1 aliphatic heterocycles. The van der Waals surface area contributed by atoms with E-state index in [1.54, 1.807) is 30.0 Å². The van der Waals surface area contributed by atoms with Gasteiger partial charge < -0.3 is 0 Å². The fourth-order valence-electron chi connectivity index (χ4n) is 2.18. The maximum Gasteiger partial charge on any atom is 0.271 e. The predicted molar refractivity (Wildman–Crippen MR) is 85.0 cm³/mol. The number of rotatable bonds is 3. The van der Waals surface area contributed by atoms with Gasteiger partial charge in [-0.1, -0.05) is 6.07 Å². The van der Waals surface area contributed by atoms with Gasteiger partial charge in [-0.2, -0.15) is 5.10 Å². The van der Waals surface area contributed by atoms with Gasteiger partial charge in [0, 0.05) is 34.8 Å². The van der Waals surface area contributed by atoms with Crippen molar-refractivity contribution >= 4 is 28.8 Å². The van der Waals surface area contributed by atoms with Crippen molar-refractivity contribution in [1.82, 2.24) is 0 Å². The largest absolute Gasteiger partial charge is 0.278 e. The maximum atomic E-state index is 13.4. The minimum atomic E-state index is -0.458. The zero-order valence-electron chi connectivity index (χ0n) is 11.5. The van der Waals surface area contributed by atoms with Crippen LogP contribution in [0.1, 0.15) is 12.0 Å². The van der Waals surface area contributed by atoms with Crippen LogP contribution in [-0.4, -0.2) is 16.4 Å². The van der Waals surface area contributed by atoms with Crippen LogP contribution in [-0.2, 0) is 0 Å². The lowest BCUT2D eigenvalue weighted by Crippen LogP contribution is -2.12. The molecule has 3 rings (SSSR count). The number of nitro benzene ring substituents is 1. The molecule has 0 fully saturated rings. The minimum Gasteiger partial charge on any atom is -0.278 e. The summed E-state index contributed by atoms with van der Waals surface area (Å²) in [6.07, 6.45) is 0.711. The van der Waals surface area contributed by atoms with Crippen LogP contribution in [0.5, 0.6) is 0 Å². The number of nitro groups is 1. The first kappa shape index (κ1) is 14.5. The Bertz CT molecular complexity index is 764. The zero-order chi connectivity index (χ0) is 15.5. The Labute approximate surface area is 130 Å². The quantitative estimate of drug-likeness (QED) is 0.685. The van der Waals surface area contributed by atoms with E-state index in [2.05, 4.69) is 10.5 Å². The fraction of sp³-hybridized carbons (Fsp3) is 0.133. The molecule has 1 heterocycles. The number of benzene rings is 2. The first-order valence-corrected chi connectivity index (χ1v) is 7.62. The van der Waals surface area contributed by atoms with Gasteiger partial charge in [0.1, 0.15) is 5.82 Å². The summed E-state index contributed by atoms with van der Waals surface area (Å²) in [5, 5.41) is 15.1. The molecule has 2 aromatic rings. The van der Waals surface area contributed by atoms with Gasteiger partial charge in [-0.15, -0.1) is 11.8 Å². The van der Waals surface area contributed by atoms with E-state index in [-0.39, 0.29) is 11.5 Å². The van der Waals surface area contributed by atoms with Crippen molar-refractivity contribution in [2.45, 2.75) is 11.3 Å². The van der Waals surface area contributed by atoms with Gasteiger partial charge in [-0.05, 0) is 24.3 Å². The number of non-ortho nitro benzene ring substituents is 1. The van der Waals surface area contributed by atoms with Gasteiger partial charge in [-0.25, -0.2) is 4.39 Å². The highest BCUT2D eigenvalue weighted by atomic mass is 32.2. The van der Waals surface area contributed by atoms with Crippen LogP contribution < -0.4 is 5.43 Å². The number of anilines is 1. The average Bonchev–Trinajstić information content (AvgIpc) is 2.53. The molecule has 112 valence electrons. The molecule has 2 aromatic carbocycles. The van der Waals surface area contributed by atoms with E-state index in [4.69, 9.17) is 0 Å². The SMILES string of the molecule is O=[N+]([O-])c1cccc(NN=C2CCSc3ccc(F)cc32)c1. The van der Waals surface area contributed by atoms with Crippen molar-refractivity contribution < 1.29 is 9.31 Å². The number of hydrogen-bond acceptors (Lipinski definition) is 5. The van der Waals surface area contributed by atoms with Crippen LogP contribution in [0.3, 0.4) is 0 Å². The fourth-order valence-corrected chi connectivity index (χ4v) is 3.19. The molecule has 0 saturated heterocycles. The molecule has 0 aliphatic carbocycles. The van der Waals surface area contributed by atoms with Crippen molar-refractivity contribution in [1.29, 1.82) is 0 Å². The summed E-state index contributed by atoms with van der Waals surface area (Å²) in [6.45, 7) is 0. The number of hydrazone groups is 1. The molecule has 0 radical (unpaired) electrons.